The molecule has 150 valence electrons. The summed E-state index contributed by atoms with van der Waals surface area (Å²) in [5, 5.41) is 4.85. The smallest absolute Gasteiger partial charge is 0.268 e. The number of H-pyrrole nitrogens is 1. The molecule has 6 nitrogen and oxygen atoms in total. The van der Waals surface area contributed by atoms with Gasteiger partial charge < -0.3 is 20.1 Å². The van der Waals surface area contributed by atoms with Crippen molar-refractivity contribution in [1.82, 2.24) is 15.2 Å². The average molecular weight is 431 g/mol. The van der Waals surface area contributed by atoms with E-state index in [9.17, 15) is 9.59 Å². The third-order valence-electron chi connectivity index (χ3n) is 5.03. The molecule has 1 aromatic heterocycles. The van der Waals surface area contributed by atoms with Gasteiger partial charge >= 0.3 is 0 Å². The molecule has 1 aliphatic rings. The summed E-state index contributed by atoms with van der Waals surface area (Å²) < 4.78 is 0. The van der Waals surface area contributed by atoms with Gasteiger partial charge in [-0.1, -0.05) is 29.3 Å². The fourth-order valence-electron chi connectivity index (χ4n) is 3.48. The average Bonchev–Trinajstić information content (AvgIpc) is 3.15. The number of carbonyl (C=O) groups excluding carboxylic acids is 2. The first kappa shape index (κ1) is 19.6. The summed E-state index contributed by atoms with van der Waals surface area (Å²) in [6, 6.07) is 14.8. The van der Waals surface area contributed by atoms with Crippen molar-refractivity contribution in [1.29, 1.82) is 0 Å². The van der Waals surface area contributed by atoms with Gasteiger partial charge in [-0.05, 0) is 42.5 Å². The third-order valence-corrected chi connectivity index (χ3v) is 5.50. The molecule has 0 spiro atoms. The zero-order chi connectivity index (χ0) is 20.4. The van der Waals surface area contributed by atoms with Gasteiger partial charge in [-0.15, -0.1) is 0 Å². The van der Waals surface area contributed by atoms with Gasteiger partial charge in [-0.2, -0.15) is 0 Å². The van der Waals surface area contributed by atoms with Crippen LogP contribution >= 0.6 is 23.2 Å². The number of nitrogens with one attached hydrogen (secondary N) is 2. The molecule has 1 fully saturated rings. The van der Waals surface area contributed by atoms with Crippen LogP contribution in [0.1, 0.15) is 10.5 Å². The number of hydrogen-bond donors (Lipinski definition) is 2. The fraction of sp³-hybridized carbons (Fsp3) is 0.238. The van der Waals surface area contributed by atoms with Crippen molar-refractivity contribution in [2.24, 2.45) is 0 Å². The van der Waals surface area contributed by atoms with Crippen LogP contribution < -0.4 is 10.2 Å². The summed E-state index contributed by atoms with van der Waals surface area (Å²) in [5.41, 5.74) is 2.28. The second-order valence-electron chi connectivity index (χ2n) is 6.94. The van der Waals surface area contributed by atoms with Crippen LogP contribution in [0.25, 0.3) is 10.9 Å². The summed E-state index contributed by atoms with van der Waals surface area (Å²) in [7, 11) is 0. The van der Waals surface area contributed by atoms with Crippen molar-refractivity contribution in [2.45, 2.75) is 0 Å². The minimum absolute atomic E-state index is 0.0356. The third kappa shape index (κ3) is 4.49. The molecule has 1 aliphatic heterocycles. The largest absolute Gasteiger partial charge is 0.368 e. The van der Waals surface area contributed by atoms with Crippen LogP contribution in [-0.2, 0) is 4.79 Å². The molecule has 0 bridgehead atoms. The van der Waals surface area contributed by atoms with Crippen LogP contribution in [0.3, 0.4) is 0 Å². The highest BCUT2D eigenvalue weighted by Crippen LogP contribution is 2.21. The molecule has 0 radical (unpaired) electrons. The molecule has 29 heavy (non-hydrogen) atoms. The zero-order valence-electron chi connectivity index (χ0n) is 15.6. The first-order valence-electron chi connectivity index (χ1n) is 9.34. The summed E-state index contributed by atoms with van der Waals surface area (Å²) >= 11 is 12.0. The number of fused-ring (bicyclic) bond motifs is 1. The lowest BCUT2D eigenvalue weighted by Crippen LogP contribution is -2.51. The van der Waals surface area contributed by atoms with E-state index in [1.165, 1.54) is 0 Å². The molecular formula is C21H20Cl2N4O2. The number of aromatic nitrogens is 1. The highest BCUT2D eigenvalue weighted by molar-refractivity contribution is 6.31. The molecule has 0 aliphatic carbocycles. The van der Waals surface area contributed by atoms with Crippen LogP contribution in [0, 0.1) is 0 Å². The number of carbonyl (C=O) groups is 2. The van der Waals surface area contributed by atoms with Crippen LogP contribution in [0.15, 0.2) is 48.5 Å². The van der Waals surface area contributed by atoms with Crippen molar-refractivity contribution in [3.8, 4) is 0 Å². The number of anilines is 1. The number of benzene rings is 2. The van der Waals surface area contributed by atoms with Crippen molar-refractivity contribution < 1.29 is 9.59 Å². The normalized spacial score (nSPS) is 14.3. The standard InChI is InChI=1S/C21H20Cl2N4O2/c22-15-2-1-3-17(12-15)26-6-8-27(9-7-26)20(28)13-24-21(29)19-11-14-10-16(23)4-5-18(14)25-19/h1-5,10-12,25H,6-9,13H2,(H,24,29). The van der Waals surface area contributed by atoms with Gasteiger partial charge in [0.25, 0.3) is 5.91 Å². The summed E-state index contributed by atoms with van der Waals surface area (Å²) in [5.74, 6) is -0.411. The van der Waals surface area contributed by atoms with Gasteiger partial charge in [-0.3, -0.25) is 9.59 Å². The molecule has 8 heteroatoms. The van der Waals surface area contributed by atoms with E-state index in [1.807, 2.05) is 30.3 Å². The van der Waals surface area contributed by atoms with E-state index in [0.717, 1.165) is 29.7 Å². The molecular weight excluding hydrogens is 411 g/mol. The Morgan fingerprint density at radius 1 is 0.966 bits per heavy atom. The first-order valence-corrected chi connectivity index (χ1v) is 10.1. The van der Waals surface area contributed by atoms with E-state index in [-0.39, 0.29) is 18.4 Å². The Hall–Kier alpha value is -2.70. The van der Waals surface area contributed by atoms with E-state index in [2.05, 4.69) is 15.2 Å². The molecule has 1 saturated heterocycles. The number of aromatic amines is 1. The maximum absolute atomic E-state index is 12.5. The SMILES string of the molecule is O=C(NCC(=O)N1CCN(c2cccc(Cl)c2)CC1)c1cc2cc(Cl)ccc2[nH]1. The van der Waals surface area contributed by atoms with E-state index in [1.54, 1.807) is 23.1 Å². The van der Waals surface area contributed by atoms with Crippen LogP contribution in [0.5, 0.6) is 0 Å². The fourth-order valence-corrected chi connectivity index (χ4v) is 3.84. The van der Waals surface area contributed by atoms with E-state index < -0.39 is 0 Å². The van der Waals surface area contributed by atoms with Gasteiger partial charge in [0.05, 0.1) is 6.54 Å². The van der Waals surface area contributed by atoms with Gasteiger partial charge in [0.2, 0.25) is 5.91 Å². The van der Waals surface area contributed by atoms with Gasteiger partial charge in [-0.25, -0.2) is 0 Å². The van der Waals surface area contributed by atoms with Gasteiger partial charge in [0.15, 0.2) is 0 Å². The lowest BCUT2D eigenvalue weighted by Gasteiger charge is -2.36. The summed E-state index contributed by atoms with van der Waals surface area (Å²) in [6.07, 6.45) is 0. The number of piperazine rings is 1. The lowest BCUT2D eigenvalue weighted by atomic mass is 10.2. The van der Waals surface area contributed by atoms with Crippen molar-refractivity contribution >= 4 is 51.6 Å². The van der Waals surface area contributed by atoms with Crippen molar-refractivity contribution in [2.75, 3.05) is 37.6 Å². The van der Waals surface area contributed by atoms with Crippen molar-refractivity contribution in [3.63, 3.8) is 0 Å². The molecule has 2 N–H and O–H groups in total. The Kier molecular flexibility index (Phi) is 5.65. The molecule has 0 saturated carbocycles. The summed E-state index contributed by atoms with van der Waals surface area (Å²) in [6.45, 7) is 2.62. The molecule has 0 atom stereocenters. The van der Waals surface area contributed by atoms with Crippen LogP contribution in [-0.4, -0.2) is 54.4 Å². The number of halogens is 2. The number of nitrogens with zero attached hydrogens (tertiary/aromatic N) is 2. The van der Waals surface area contributed by atoms with E-state index in [4.69, 9.17) is 23.2 Å². The Balaban J connectivity index is 1.30. The second-order valence-corrected chi connectivity index (χ2v) is 7.82. The highest BCUT2D eigenvalue weighted by Gasteiger charge is 2.22. The van der Waals surface area contributed by atoms with E-state index >= 15 is 0 Å². The maximum Gasteiger partial charge on any atom is 0.268 e. The summed E-state index contributed by atoms with van der Waals surface area (Å²) in [4.78, 5) is 31.9. The topological polar surface area (TPSA) is 68.4 Å². The molecule has 2 amide bonds. The quantitative estimate of drug-likeness (QED) is 0.664. The first-order chi connectivity index (χ1) is 14.0. The Labute approximate surface area is 178 Å². The predicted molar refractivity (Wildman–Crippen MR) is 116 cm³/mol. The highest BCUT2D eigenvalue weighted by atomic mass is 35.5. The van der Waals surface area contributed by atoms with E-state index in [0.29, 0.717) is 28.8 Å². The minimum atomic E-state index is -0.316. The maximum atomic E-state index is 12.5. The Bertz CT molecular complexity index is 1060. The Morgan fingerprint density at radius 2 is 1.72 bits per heavy atom. The number of hydrogen-bond acceptors (Lipinski definition) is 3. The Morgan fingerprint density at radius 3 is 2.48 bits per heavy atom. The molecule has 0 unspecified atom stereocenters. The molecule has 3 aromatic rings. The van der Waals surface area contributed by atoms with Crippen molar-refractivity contribution in [3.05, 3.63) is 64.3 Å². The molecule has 4 rings (SSSR count). The van der Waals surface area contributed by atoms with Gasteiger partial charge in [0, 0.05) is 52.8 Å². The monoisotopic (exact) mass is 430 g/mol. The molecule has 2 heterocycles. The number of rotatable bonds is 4. The van der Waals surface area contributed by atoms with Gasteiger partial charge in [0.1, 0.15) is 5.69 Å². The second kappa shape index (κ2) is 8.35. The lowest BCUT2D eigenvalue weighted by molar-refractivity contribution is -0.130. The predicted octanol–water partition coefficient (Wildman–Crippen LogP) is 3.55. The number of amides is 2. The van der Waals surface area contributed by atoms with Crippen LogP contribution in [0.4, 0.5) is 5.69 Å². The van der Waals surface area contributed by atoms with Crippen LogP contribution in [0.2, 0.25) is 10.0 Å². The minimum Gasteiger partial charge on any atom is -0.368 e. The zero-order valence-corrected chi connectivity index (χ0v) is 17.1. The molecule has 2 aromatic carbocycles.